The molecule has 2 fully saturated rings. The Hall–Kier alpha value is -0.610. The van der Waals surface area contributed by atoms with Crippen LogP contribution < -0.4 is 5.32 Å². The van der Waals surface area contributed by atoms with Gasteiger partial charge in [-0.2, -0.15) is 0 Å². The number of carbonyl (C=O) groups is 1. The van der Waals surface area contributed by atoms with Crippen molar-refractivity contribution >= 4 is 5.91 Å². The van der Waals surface area contributed by atoms with Crippen molar-refractivity contribution in [3.63, 3.8) is 0 Å². The Morgan fingerprint density at radius 2 is 1.93 bits per heavy atom. The quantitative estimate of drug-likeness (QED) is 0.715. The second kappa shape index (κ2) is 3.76. The molecule has 0 spiro atoms. The number of carbonyl (C=O) groups excluding carboxylic acids is 1. The minimum Gasteiger partial charge on any atom is -0.388 e. The Morgan fingerprint density at radius 3 is 2.47 bits per heavy atom. The van der Waals surface area contributed by atoms with Crippen LogP contribution >= 0.6 is 0 Å². The SMILES string of the molecule is CC1(C(=O)NCC2(O)CCOCC2)CC1. The molecule has 1 saturated carbocycles. The van der Waals surface area contributed by atoms with Crippen LogP contribution in [0.1, 0.15) is 32.6 Å². The van der Waals surface area contributed by atoms with Crippen molar-refractivity contribution in [3.05, 3.63) is 0 Å². The fraction of sp³-hybridized carbons (Fsp3) is 0.909. The summed E-state index contributed by atoms with van der Waals surface area (Å²) in [6, 6.07) is 0. The lowest BCUT2D eigenvalue weighted by molar-refractivity contribution is -0.128. The van der Waals surface area contributed by atoms with Crippen molar-refractivity contribution in [2.24, 2.45) is 5.41 Å². The van der Waals surface area contributed by atoms with Crippen LogP contribution in [0.5, 0.6) is 0 Å². The van der Waals surface area contributed by atoms with Crippen molar-refractivity contribution in [1.82, 2.24) is 5.32 Å². The van der Waals surface area contributed by atoms with Crippen LogP contribution in [0.25, 0.3) is 0 Å². The van der Waals surface area contributed by atoms with E-state index < -0.39 is 5.60 Å². The van der Waals surface area contributed by atoms with E-state index in [-0.39, 0.29) is 11.3 Å². The second-order valence-electron chi connectivity index (χ2n) is 5.08. The van der Waals surface area contributed by atoms with Gasteiger partial charge < -0.3 is 15.2 Å². The smallest absolute Gasteiger partial charge is 0.226 e. The summed E-state index contributed by atoms with van der Waals surface area (Å²) in [5.74, 6) is 0.0856. The second-order valence-corrected chi connectivity index (χ2v) is 5.08. The minimum absolute atomic E-state index is 0.0856. The van der Waals surface area contributed by atoms with Crippen molar-refractivity contribution in [2.45, 2.75) is 38.2 Å². The van der Waals surface area contributed by atoms with E-state index in [0.717, 1.165) is 12.8 Å². The van der Waals surface area contributed by atoms with Gasteiger partial charge in [0, 0.05) is 38.0 Å². The molecule has 0 aromatic carbocycles. The monoisotopic (exact) mass is 213 g/mol. The summed E-state index contributed by atoms with van der Waals surface area (Å²) in [5, 5.41) is 13.0. The van der Waals surface area contributed by atoms with Gasteiger partial charge in [0.1, 0.15) is 0 Å². The van der Waals surface area contributed by atoms with Crippen molar-refractivity contribution in [1.29, 1.82) is 0 Å². The topological polar surface area (TPSA) is 58.6 Å². The molecule has 0 unspecified atom stereocenters. The van der Waals surface area contributed by atoms with Gasteiger partial charge in [-0.25, -0.2) is 0 Å². The van der Waals surface area contributed by atoms with Crippen LogP contribution in [-0.4, -0.2) is 36.4 Å². The van der Waals surface area contributed by atoms with E-state index >= 15 is 0 Å². The van der Waals surface area contributed by atoms with E-state index in [4.69, 9.17) is 4.74 Å². The van der Waals surface area contributed by atoms with Gasteiger partial charge in [0.15, 0.2) is 0 Å². The number of hydrogen-bond donors (Lipinski definition) is 2. The summed E-state index contributed by atoms with van der Waals surface area (Å²) in [6.07, 6.45) is 3.18. The molecule has 4 nitrogen and oxygen atoms in total. The van der Waals surface area contributed by atoms with E-state index in [1.807, 2.05) is 6.92 Å². The van der Waals surface area contributed by atoms with Gasteiger partial charge in [-0.15, -0.1) is 0 Å². The molecule has 0 bridgehead atoms. The first-order chi connectivity index (χ1) is 7.04. The molecule has 4 heteroatoms. The standard InChI is InChI=1S/C11H19NO3/c1-10(2-3-10)9(13)12-8-11(14)4-6-15-7-5-11/h14H,2-8H2,1H3,(H,12,13). The molecule has 0 aromatic rings. The molecule has 1 aliphatic heterocycles. The summed E-state index contributed by atoms with van der Waals surface area (Å²) in [6.45, 7) is 3.51. The predicted octanol–water partition coefficient (Wildman–Crippen LogP) is 0.444. The molecule has 0 radical (unpaired) electrons. The Labute approximate surface area is 90.0 Å². The zero-order valence-electron chi connectivity index (χ0n) is 9.21. The van der Waals surface area contributed by atoms with Gasteiger partial charge in [0.2, 0.25) is 5.91 Å². The number of hydrogen-bond acceptors (Lipinski definition) is 3. The number of aliphatic hydroxyl groups is 1. The maximum atomic E-state index is 11.7. The first-order valence-corrected chi connectivity index (χ1v) is 5.63. The molecular formula is C11H19NO3. The lowest BCUT2D eigenvalue weighted by Crippen LogP contribution is -2.47. The van der Waals surface area contributed by atoms with Gasteiger partial charge in [-0.1, -0.05) is 6.92 Å². The van der Waals surface area contributed by atoms with E-state index in [1.54, 1.807) is 0 Å². The Balaban J connectivity index is 1.79. The first kappa shape index (κ1) is 10.9. The van der Waals surface area contributed by atoms with Gasteiger partial charge in [0.25, 0.3) is 0 Å². The number of rotatable bonds is 3. The number of ether oxygens (including phenoxy) is 1. The fourth-order valence-corrected chi connectivity index (χ4v) is 1.80. The first-order valence-electron chi connectivity index (χ1n) is 5.63. The van der Waals surface area contributed by atoms with Gasteiger partial charge in [-0.05, 0) is 12.8 Å². The highest BCUT2D eigenvalue weighted by Gasteiger charge is 2.45. The van der Waals surface area contributed by atoms with Crippen LogP contribution in [0.15, 0.2) is 0 Å². The summed E-state index contributed by atoms with van der Waals surface area (Å²) in [4.78, 5) is 11.7. The van der Waals surface area contributed by atoms with Gasteiger partial charge >= 0.3 is 0 Å². The molecular weight excluding hydrogens is 194 g/mol. The van der Waals surface area contributed by atoms with Crippen LogP contribution in [-0.2, 0) is 9.53 Å². The Kier molecular flexibility index (Phi) is 2.73. The highest BCUT2D eigenvalue weighted by molar-refractivity contribution is 5.84. The molecule has 0 atom stereocenters. The summed E-state index contributed by atoms with van der Waals surface area (Å²) in [5.41, 5.74) is -0.902. The molecule has 1 heterocycles. The molecule has 2 rings (SSSR count). The fourth-order valence-electron chi connectivity index (χ4n) is 1.80. The van der Waals surface area contributed by atoms with Crippen LogP contribution in [0.3, 0.4) is 0 Å². The van der Waals surface area contributed by atoms with Gasteiger partial charge in [0.05, 0.1) is 5.60 Å². The Bertz CT molecular complexity index is 255. The lowest BCUT2D eigenvalue weighted by atomic mass is 9.94. The van der Waals surface area contributed by atoms with E-state index in [1.165, 1.54) is 0 Å². The highest BCUT2D eigenvalue weighted by atomic mass is 16.5. The summed E-state index contributed by atoms with van der Waals surface area (Å²) in [7, 11) is 0. The molecule has 1 saturated heterocycles. The van der Waals surface area contributed by atoms with E-state index in [9.17, 15) is 9.90 Å². The maximum Gasteiger partial charge on any atom is 0.226 e. The molecule has 15 heavy (non-hydrogen) atoms. The van der Waals surface area contributed by atoms with Crippen molar-refractivity contribution in [3.8, 4) is 0 Å². The third kappa shape index (κ3) is 2.49. The van der Waals surface area contributed by atoms with Crippen LogP contribution in [0.4, 0.5) is 0 Å². The van der Waals surface area contributed by atoms with Crippen LogP contribution in [0.2, 0.25) is 0 Å². The highest BCUT2D eigenvalue weighted by Crippen LogP contribution is 2.45. The van der Waals surface area contributed by atoms with Crippen LogP contribution in [0, 0.1) is 5.41 Å². The maximum absolute atomic E-state index is 11.7. The van der Waals surface area contributed by atoms with E-state index in [2.05, 4.69) is 5.32 Å². The van der Waals surface area contributed by atoms with Crippen molar-refractivity contribution in [2.75, 3.05) is 19.8 Å². The largest absolute Gasteiger partial charge is 0.388 e. The van der Waals surface area contributed by atoms with E-state index in [0.29, 0.717) is 32.6 Å². The summed E-state index contributed by atoms with van der Waals surface area (Å²) < 4.78 is 5.18. The molecule has 2 aliphatic rings. The molecule has 1 amide bonds. The number of amides is 1. The third-order valence-corrected chi connectivity index (χ3v) is 3.55. The lowest BCUT2D eigenvalue weighted by Gasteiger charge is -2.32. The van der Waals surface area contributed by atoms with Crippen molar-refractivity contribution < 1.29 is 14.6 Å². The molecule has 86 valence electrons. The number of nitrogens with one attached hydrogen (secondary N) is 1. The zero-order valence-corrected chi connectivity index (χ0v) is 9.21. The average molecular weight is 213 g/mol. The molecule has 1 aliphatic carbocycles. The third-order valence-electron chi connectivity index (χ3n) is 3.55. The normalized spacial score (nSPS) is 27.1. The average Bonchev–Trinajstić information content (AvgIpc) is 2.96. The predicted molar refractivity (Wildman–Crippen MR) is 55.4 cm³/mol. The molecule has 2 N–H and O–H groups in total. The zero-order chi connectivity index (χ0) is 10.9. The molecule has 0 aromatic heterocycles. The summed E-state index contributed by atoms with van der Waals surface area (Å²) >= 11 is 0. The minimum atomic E-state index is -0.751. The van der Waals surface area contributed by atoms with Gasteiger partial charge in [-0.3, -0.25) is 4.79 Å². The Morgan fingerprint density at radius 1 is 1.33 bits per heavy atom.